The Balaban J connectivity index is 0. The van der Waals surface area contributed by atoms with Crippen molar-refractivity contribution in [2.75, 3.05) is 26.4 Å². The molecular formula is C70H100Ni2O4S12-8. The zero-order valence-corrected chi connectivity index (χ0v) is 67.1. The van der Waals surface area contributed by atoms with Crippen LogP contribution in [0.15, 0.2) is 102 Å². The van der Waals surface area contributed by atoms with E-state index in [0.29, 0.717) is 90.7 Å². The average Bonchev–Trinajstić information content (AvgIpc) is 1.30. The van der Waals surface area contributed by atoms with E-state index in [4.69, 9.17) is 120 Å². The van der Waals surface area contributed by atoms with E-state index >= 15 is 0 Å². The molecule has 0 atom stereocenters. The fourth-order valence-electron chi connectivity index (χ4n) is 7.40. The Bertz CT molecular complexity index is 2500. The van der Waals surface area contributed by atoms with Crippen molar-refractivity contribution in [2.24, 2.45) is 23.7 Å². The summed E-state index contributed by atoms with van der Waals surface area (Å²) >= 11 is 51.3. The molecule has 0 aliphatic carbocycles. The summed E-state index contributed by atoms with van der Waals surface area (Å²) in [5.74, 6) is 5.52. The number of rotatable bonds is 32. The largest absolute Gasteiger partial charge is 0.780 e. The van der Waals surface area contributed by atoms with Gasteiger partial charge in [0.1, 0.15) is 23.0 Å². The fourth-order valence-corrected chi connectivity index (χ4v) is 14.1. The zero-order valence-electron chi connectivity index (χ0n) is 55.4. The fraction of sp³-hybridized carbons (Fsp3) is 0.543. The minimum Gasteiger partial charge on any atom is -0.780 e. The van der Waals surface area contributed by atoms with Crippen molar-refractivity contribution in [2.45, 2.75) is 197 Å². The standard InChI is InChI=1S/C26H36O2S2.C24H32O2S2.C12H24S4.C8H16S4.2Ni/c1-17(2)11-13-27-23-9-7-19(5)15-21(23)25(29)26(30)22-16-20(6)8-10-24(22)28-14-12-18(3)4;1-17(2)13-15-25-21-11-7-5-9-19(21)23(27)24(28)20-10-6-8-12-22(20)26-16-14-18(3)4;1-5-9(6-2)15-11(13)12(14)16-10(7-3)8-4;1-5(2)11-7(9)8(10)12-6(3)4;;/h7-10,15-18,29-30H,11-14H2,1-6H3;5-12,17-18,27-28H,13-16H2,1-4H3;9-10,13-14H,5-8H2,1-4H3;5-6,9-10H,1-4H3;;/p-8. The van der Waals surface area contributed by atoms with E-state index in [1.54, 1.807) is 47.0 Å². The molecule has 0 fully saturated rings. The van der Waals surface area contributed by atoms with Gasteiger partial charge in [0.25, 0.3) is 0 Å². The van der Waals surface area contributed by atoms with Gasteiger partial charge in [-0.1, -0.05) is 170 Å². The summed E-state index contributed by atoms with van der Waals surface area (Å²) in [5, 5.41) is 2.33. The van der Waals surface area contributed by atoms with E-state index in [-0.39, 0.29) is 33.0 Å². The number of thioether (sulfide) groups is 4. The monoisotopic (exact) mass is 1500 g/mol. The van der Waals surface area contributed by atoms with Crippen LogP contribution in [0.3, 0.4) is 0 Å². The van der Waals surface area contributed by atoms with Crippen LogP contribution in [0.4, 0.5) is 0 Å². The van der Waals surface area contributed by atoms with Gasteiger partial charge in [0, 0.05) is 54.0 Å². The SMILES string of the molecule is CC(C)CCOc1ccccc1C([S-])=C([S-])c1ccccc1OCCC(C)C.CC(C)SC([S-])=C([S-])SC(C)C.CCC(CC)SC([S-])=C([S-])SC(CC)CC.Cc1ccc(OCCC(C)C)c(C([S-])=C([S-])c2cc(C)ccc2OCCC(C)C)c1.[Ni].[Ni]. The number of hydrogen-bond acceptors (Lipinski definition) is 16. The van der Waals surface area contributed by atoms with Crippen LogP contribution in [0.2, 0.25) is 0 Å². The normalized spacial score (nSPS) is 12.4. The summed E-state index contributed by atoms with van der Waals surface area (Å²) in [6.07, 6.45) is 8.65. The second-order valence-corrected chi connectivity index (χ2v) is 33.1. The van der Waals surface area contributed by atoms with Crippen LogP contribution in [0.25, 0.3) is 19.6 Å². The summed E-state index contributed by atoms with van der Waals surface area (Å²) in [5.41, 5.74) is 5.75. The first-order valence-electron chi connectivity index (χ1n) is 30.5. The quantitative estimate of drug-likeness (QED) is 0.0264. The molecule has 4 nitrogen and oxygen atoms in total. The summed E-state index contributed by atoms with van der Waals surface area (Å²) in [6, 6.07) is 27.9. The summed E-state index contributed by atoms with van der Waals surface area (Å²) in [6.45, 7) is 41.6. The van der Waals surface area contributed by atoms with Crippen molar-refractivity contribution in [3.63, 3.8) is 0 Å². The molecule has 18 heteroatoms. The minimum atomic E-state index is 0. The van der Waals surface area contributed by atoms with Gasteiger partial charge in [0.2, 0.25) is 0 Å². The molecule has 0 bridgehead atoms. The number of ether oxygens (including phenoxy) is 4. The van der Waals surface area contributed by atoms with Crippen LogP contribution in [0.5, 0.6) is 23.0 Å². The van der Waals surface area contributed by atoms with Gasteiger partial charge in [0.15, 0.2) is 0 Å². The van der Waals surface area contributed by atoms with Crippen molar-refractivity contribution in [3.8, 4) is 23.0 Å². The van der Waals surface area contributed by atoms with E-state index in [2.05, 4.69) is 137 Å². The molecule has 4 aromatic carbocycles. The Hall–Kier alpha value is -0.813. The van der Waals surface area contributed by atoms with Crippen LogP contribution >= 0.6 is 47.0 Å². The van der Waals surface area contributed by atoms with Gasteiger partial charge in [-0.05, 0) is 148 Å². The van der Waals surface area contributed by atoms with Crippen molar-refractivity contribution in [1.82, 2.24) is 0 Å². The minimum absolute atomic E-state index is 0. The third-order valence-electron chi connectivity index (χ3n) is 12.6. The van der Waals surface area contributed by atoms with Gasteiger partial charge < -0.3 is 120 Å². The Labute approximate surface area is 618 Å². The van der Waals surface area contributed by atoms with Crippen molar-refractivity contribution < 1.29 is 51.9 Å². The maximum absolute atomic E-state index is 6.08. The van der Waals surface area contributed by atoms with Crippen LogP contribution in [0, 0.1) is 37.5 Å². The molecule has 0 aliphatic rings. The number of aryl methyl sites for hydroxylation is 2. The Morgan fingerprint density at radius 3 is 0.830 bits per heavy atom. The van der Waals surface area contributed by atoms with Crippen LogP contribution in [0.1, 0.15) is 196 Å². The summed E-state index contributed by atoms with van der Waals surface area (Å²) in [7, 11) is 0. The van der Waals surface area contributed by atoms with Crippen molar-refractivity contribution >= 4 is 168 Å². The molecule has 0 aromatic heterocycles. The number of hydrogen-bond donors (Lipinski definition) is 0. The first-order chi connectivity index (χ1) is 40.6. The molecule has 0 aliphatic heterocycles. The van der Waals surface area contributed by atoms with Crippen LogP contribution < -0.4 is 18.9 Å². The van der Waals surface area contributed by atoms with Gasteiger partial charge in [-0.2, -0.15) is 83.6 Å². The topological polar surface area (TPSA) is 36.9 Å². The zero-order chi connectivity index (χ0) is 65.1. The Kier molecular flexibility index (Phi) is 51.3. The number of para-hydroxylation sites is 2. The Morgan fingerprint density at radius 2 is 0.580 bits per heavy atom. The first kappa shape index (κ1) is 89.2. The Morgan fingerprint density at radius 1 is 0.341 bits per heavy atom. The van der Waals surface area contributed by atoms with Gasteiger partial charge >= 0.3 is 0 Å². The predicted octanol–water partition coefficient (Wildman–Crippen LogP) is 22.1. The molecule has 0 spiro atoms. The van der Waals surface area contributed by atoms with Crippen LogP contribution in [-0.4, -0.2) is 47.4 Å². The third-order valence-corrected chi connectivity index (χ3v) is 22.2. The second-order valence-electron chi connectivity index (χ2n) is 23.0. The van der Waals surface area contributed by atoms with E-state index in [0.717, 1.165) is 99.0 Å². The second kappa shape index (κ2) is 50.6. The molecule has 88 heavy (non-hydrogen) atoms. The predicted molar refractivity (Wildman–Crippen MR) is 411 cm³/mol. The molecule has 4 aromatic rings. The summed E-state index contributed by atoms with van der Waals surface area (Å²) < 4.78 is 27.8. The molecule has 0 saturated carbocycles. The molecular weight excluding hydrogens is 1410 g/mol. The molecule has 504 valence electrons. The molecule has 0 amide bonds. The average molecular weight is 1510 g/mol. The van der Waals surface area contributed by atoms with Crippen molar-refractivity contribution in [1.29, 1.82) is 0 Å². The van der Waals surface area contributed by atoms with E-state index in [1.807, 2.05) is 72.8 Å². The van der Waals surface area contributed by atoms with E-state index < -0.39 is 0 Å². The summed E-state index contributed by atoms with van der Waals surface area (Å²) in [4.78, 5) is 2.50. The van der Waals surface area contributed by atoms with Gasteiger partial charge in [-0.15, -0.1) is 0 Å². The smallest absolute Gasteiger partial charge is 0.124 e. The first-order valence-corrected chi connectivity index (χ1v) is 37.3. The van der Waals surface area contributed by atoms with Crippen molar-refractivity contribution in [3.05, 3.63) is 135 Å². The molecule has 0 saturated heterocycles. The molecule has 4 rings (SSSR count). The van der Waals surface area contributed by atoms with E-state index in [1.165, 1.54) is 25.7 Å². The van der Waals surface area contributed by atoms with Gasteiger partial charge in [0.05, 0.1) is 26.4 Å². The molecule has 0 N–H and O–H groups in total. The van der Waals surface area contributed by atoms with Gasteiger partial charge in [-0.25, -0.2) is 0 Å². The number of benzene rings is 4. The maximum atomic E-state index is 6.08. The van der Waals surface area contributed by atoms with E-state index in [9.17, 15) is 0 Å². The molecule has 0 heterocycles. The van der Waals surface area contributed by atoms with Crippen LogP contribution in [-0.2, 0) is 134 Å². The third kappa shape index (κ3) is 37.3. The van der Waals surface area contributed by atoms with Gasteiger partial charge in [-0.3, -0.25) is 0 Å². The molecule has 0 radical (unpaired) electrons. The maximum Gasteiger partial charge on any atom is 0.124 e. The molecule has 0 unspecified atom stereocenters.